The number of nitrogens with zero attached hydrogens (tertiary/aromatic N) is 3. The summed E-state index contributed by atoms with van der Waals surface area (Å²) in [5, 5.41) is 0. The van der Waals surface area contributed by atoms with Crippen LogP contribution in [0.15, 0.2) is 261 Å². The molecule has 0 aliphatic carbocycles. The number of benzene rings is 9. The Labute approximate surface area is 451 Å². The molecule has 0 saturated carbocycles. The topological polar surface area (TPSA) is 38.7 Å². The van der Waals surface area contributed by atoms with Gasteiger partial charge < -0.3 is 15.0 Å². The van der Waals surface area contributed by atoms with E-state index in [0.29, 0.717) is 11.3 Å². The van der Waals surface area contributed by atoms with Crippen LogP contribution in [-0.2, 0) is 20.1 Å². The molecule has 3 heterocycles. The molecular weight excluding hydrogens is 1080 g/mol. The Morgan fingerprint density at radius 3 is 1.22 bits per heavy atom. The molecule has 0 radical (unpaired) electrons. The Morgan fingerprint density at radius 1 is 0.284 bits per heavy atom. The van der Waals surface area contributed by atoms with Crippen molar-refractivity contribution in [2.45, 2.75) is 6.85 Å². The van der Waals surface area contributed by atoms with Crippen molar-refractivity contribution in [2.24, 2.45) is 0 Å². The van der Waals surface area contributed by atoms with E-state index in [1.807, 2.05) is 60.9 Å². The molecule has 0 spiro atoms. The number of aryl methyl sites for hydroxylation is 1. The molecule has 12 aromatic rings. The molecule has 12 rings (SSSR count). The number of pyridine rings is 3. The average molecular weight is 1120 g/mol. The maximum absolute atomic E-state index is 8.17. The van der Waals surface area contributed by atoms with E-state index in [1.165, 1.54) is 0 Å². The van der Waals surface area contributed by atoms with Gasteiger partial charge in [-0.1, -0.05) is 202 Å². The summed E-state index contributed by atoms with van der Waals surface area (Å²) in [5.41, 5.74) is 21.9. The first-order valence-electron chi connectivity index (χ1n) is 25.8. The predicted molar refractivity (Wildman–Crippen MR) is 301 cm³/mol. The molecule has 0 fully saturated rings. The van der Waals surface area contributed by atoms with Crippen LogP contribution in [0, 0.1) is 25.1 Å². The summed E-state index contributed by atoms with van der Waals surface area (Å²) in [6, 6.07) is 94.0. The maximum Gasteiger partial charge on any atom is 3.00 e. The molecule has 350 valence electrons. The van der Waals surface area contributed by atoms with Gasteiger partial charge in [0.15, 0.2) is 0 Å². The van der Waals surface area contributed by atoms with Gasteiger partial charge in [-0.05, 0) is 110 Å². The molecule has 74 heavy (non-hydrogen) atoms. The smallest absolute Gasteiger partial charge is 0.305 e. The molecule has 0 unspecified atom stereocenters. The van der Waals surface area contributed by atoms with Crippen LogP contribution in [0.4, 0.5) is 0 Å². The van der Waals surface area contributed by atoms with E-state index in [1.54, 1.807) is 18.3 Å². The molecule has 0 amide bonds. The monoisotopic (exact) mass is 1120 g/mol. The van der Waals surface area contributed by atoms with Crippen LogP contribution in [0.3, 0.4) is 0 Å². The summed E-state index contributed by atoms with van der Waals surface area (Å²) in [4.78, 5) is 13.8. The minimum Gasteiger partial charge on any atom is -0.305 e. The van der Waals surface area contributed by atoms with Crippen molar-refractivity contribution in [1.29, 1.82) is 0 Å². The van der Waals surface area contributed by atoms with Gasteiger partial charge in [-0.15, -0.1) is 83.4 Å². The van der Waals surface area contributed by atoms with Gasteiger partial charge in [-0.25, -0.2) is 0 Å². The van der Waals surface area contributed by atoms with Crippen molar-refractivity contribution in [3.63, 3.8) is 0 Å². The van der Waals surface area contributed by atoms with Crippen LogP contribution >= 0.6 is 0 Å². The van der Waals surface area contributed by atoms with Gasteiger partial charge in [0.1, 0.15) is 0 Å². The summed E-state index contributed by atoms with van der Waals surface area (Å²) < 4.78 is 24.5. The molecule has 0 aliphatic rings. The summed E-state index contributed by atoms with van der Waals surface area (Å²) in [6.45, 7) is -2.28. The van der Waals surface area contributed by atoms with E-state index in [9.17, 15) is 0 Å². The van der Waals surface area contributed by atoms with Crippen molar-refractivity contribution in [3.05, 3.63) is 285 Å². The summed E-state index contributed by atoms with van der Waals surface area (Å²) >= 11 is 0. The SMILES string of the molecule is [2H]C([2H])([2H])c1ccnc(-c2[c-]cc(-c3ccccc3-c3cc(-c4ccccc4-c4c[c-]c(-c5ccccn5)cc4)cc(-c4ccccc4-c4c[c-]c(-c5ccccn5)cc4)c3)c(-c3ccc(-c4ccccc4)cc3)c2)c1.[Ir+3]. The van der Waals surface area contributed by atoms with Crippen LogP contribution in [0.25, 0.3) is 123 Å². The molecule has 0 aliphatic heterocycles. The molecule has 0 atom stereocenters. The minimum atomic E-state index is -2.28. The van der Waals surface area contributed by atoms with E-state index >= 15 is 0 Å². The van der Waals surface area contributed by atoms with Gasteiger partial charge >= 0.3 is 20.1 Å². The molecule has 0 saturated heterocycles. The quantitative estimate of drug-likeness (QED) is 0.121. The normalized spacial score (nSPS) is 11.7. The number of rotatable bonds is 11. The fourth-order valence-electron chi connectivity index (χ4n) is 9.74. The van der Waals surface area contributed by atoms with Crippen LogP contribution in [0.1, 0.15) is 9.68 Å². The van der Waals surface area contributed by atoms with Gasteiger partial charge in [-0.2, -0.15) is 0 Å². The third-order valence-electron chi connectivity index (χ3n) is 13.4. The molecule has 4 heteroatoms. The molecular formula is C70H46IrN3. The standard InChI is InChI=1S/C70H46N3.Ir/c1-48-39-42-73-70(43-48)56-37-38-66(67(47-56)53-27-25-50(26-28-53)49-15-3-2-4-16-49)65-22-10-9-21-64(65)59-45-57(62-19-7-5-17-60(62)51-29-33-54(34-30-51)68-23-11-13-40-71-68)44-58(46-59)63-20-8-6-18-61(63)52-31-35-55(36-32-52)69-24-12-14-41-72-69;/h2-33,35,38-47H,1H3;/q-3;+3/i1D3;. The molecule has 0 N–H and O–H groups in total. The molecule has 3 nitrogen and oxygen atoms in total. The maximum atomic E-state index is 8.17. The average Bonchev–Trinajstić information content (AvgIpc) is 3.51. The van der Waals surface area contributed by atoms with Crippen molar-refractivity contribution < 1.29 is 24.2 Å². The predicted octanol–water partition coefficient (Wildman–Crippen LogP) is 17.9. The first kappa shape index (κ1) is 43.8. The van der Waals surface area contributed by atoms with Crippen LogP contribution in [0.5, 0.6) is 0 Å². The zero-order chi connectivity index (χ0) is 51.4. The van der Waals surface area contributed by atoms with Crippen LogP contribution in [0.2, 0.25) is 0 Å². The van der Waals surface area contributed by atoms with E-state index < -0.39 is 6.85 Å². The Morgan fingerprint density at radius 2 is 0.716 bits per heavy atom. The number of hydrogen-bond acceptors (Lipinski definition) is 3. The second kappa shape index (κ2) is 21.4. The van der Waals surface area contributed by atoms with E-state index in [4.69, 9.17) is 4.11 Å². The minimum absolute atomic E-state index is 0. The van der Waals surface area contributed by atoms with Crippen molar-refractivity contribution in [3.8, 4) is 123 Å². The Kier molecular flexibility index (Phi) is 12.7. The van der Waals surface area contributed by atoms with E-state index in [-0.39, 0.29) is 25.7 Å². The zero-order valence-electron chi connectivity index (χ0n) is 43.0. The van der Waals surface area contributed by atoms with Crippen molar-refractivity contribution >= 4 is 0 Å². The molecule has 9 aromatic carbocycles. The Hall–Kier alpha value is -8.92. The van der Waals surface area contributed by atoms with Crippen molar-refractivity contribution in [2.75, 3.05) is 0 Å². The van der Waals surface area contributed by atoms with Crippen LogP contribution < -0.4 is 0 Å². The third kappa shape index (κ3) is 9.85. The van der Waals surface area contributed by atoms with E-state index in [0.717, 1.165) is 112 Å². The largest absolute Gasteiger partial charge is 3.00 e. The number of hydrogen-bond donors (Lipinski definition) is 0. The Bertz CT molecular complexity index is 3850. The summed E-state index contributed by atoms with van der Waals surface area (Å²) in [5.74, 6) is 0. The first-order chi connectivity index (χ1) is 37.3. The van der Waals surface area contributed by atoms with E-state index in [2.05, 4.69) is 215 Å². The van der Waals surface area contributed by atoms with Gasteiger partial charge in [-0.3, -0.25) is 0 Å². The third-order valence-corrected chi connectivity index (χ3v) is 13.4. The molecule has 0 bridgehead atoms. The number of aromatic nitrogens is 3. The zero-order valence-corrected chi connectivity index (χ0v) is 42.4. The van der Waals surface area contributed by atoms with Crippen LogP contribution in [-0.4, -0.2) is 15.0 Å². The first-order valence-corrected chi connectivity index (χ1v) is 24.3. The summed E-state index contributed by atoms with van der Waals surface area (Å²) in [7, 11) is 0. The second-order valence-corrected chi connectivity index (χ2v) is 17.9. The second-order valence-electron chi connectivity index (χ2n) is 17.9. The van der Waals surface area contributed by atoms with Gasteiger partial charge in [0.05, 0.1) is 0 Å². The van der Waals surface area contributed by atoms with Crippen molar-refractivity contribution in [1.82, 2.24) is 15.0 Å². The fraction of sp³-hybridized carbons (Fsp3) is 0.0143. The Balaban J connectivity index is 0.00000631. The molecule has 3 aromatic heterocycles. The summed E-state index contributed by atoms with van der Waals surface area (Å²) in [6.07, 6.45) is 5.18. The van der Waals surface area contributed by atoms with Gasteiger partial charge in [0, 0.05) is 22.7 Å². The van der Waals surface area contributed by atoms with Gasteiger partial charge in [0.2, 0.25) is 0 Å². The fourth-order valence-corrected chi connectivity index (χ4v) is 9.74. The van der Waals surface area contributed by atoms with Gasteiger partial charge in [0.25, 0.3) is 0 Å².